The average molecular weight is 236 g/mol. The zero-order valence-electron chi connectivity index (χ0n) is 9.59. The van der Waals surface area contributed by atoms with Crippen molar-refractivity contribution in [2.24, 2.45) is 23.7 Å². The molecule has 4 unspecified atom stereocenters. The number of amides is 2. The molecule has 0 aromatic rings. The summed E-state index contributed by atoms with van der Waals surface area (Å²) in [6, 6.07) is -1.14. The van der Waals surface area contributed by atoms with Crippen LogP contribution in [0.25, 0.3) is 0 Å². The minimum Gasteiger partial charge on any atom is -0.548 e. The smallest absolute Gasteiger partial charge is 0.233 e. The van der Waals surface area contributed by atoms with Crippen LogP contribution in [0.4, 0.5) is 0 Å². The van der Waals surface area contributed by atoms with E-state index in [-0.39, 0.29) is 23.7 Å². The fraction of sp³-hybridized carbons (Fsp3) is 0.750. The first-order chi connectivity index (χ1) is 8.02. The number of imide groups is 1. The molecule has 0 N–H and O–H groups in total. The molecule has 2 aliphatic carbocycles. The Hall–Kier alpha value is -1.39. The van der Waals surface area contributed by atoms with Gasteiger partial charge in [0.15, 0.2) is 0 Å². The maximum absolute atomic E-state index is 12.1. The fourth-order valence-corrected chi connectivity index (χ4v) is 3.92. The first kappa shape index (κ1) is 10.7. The number of carboxylic acid groups (broad SMARTS) is 1. The van der Waals surface area contributed by atoms with Gasteiger partial charge in [0.1, 0.15) is 0 Å². The summed E-state index contributed by atoms with van der Waals surface area (Å²) in [5.74, 6) is -1.85. The molecule has 1 heterocycles. The zero-order chi connectivity index (χ0) is 12.3. The Morgan fingerprint density at radius 1 is 1.24 bits per heavy atom. The number of rotatable bonds is 2. The summed E-state index contributed by atoms with van der Waals surface area (Å²) in [5, 5.41) is 10.8. The van der Waals surface area contributed by atoms with Crippen molar-refractivity contribution >= 4 is 17.8 Å². The molecule has 5 nitrogen and oxygen atoms in total. The normalized spacial score (nSPS) is 40.9. The third-order valence-corrected chi connectivity index (χ3v) is 4.69. The van der Waals surface area contributed by atoms with E-state index in [1.165, 1.54) is 6.92 Å². The number of nitrogens with zero attached hydrogens (tertiary/aromatic N) is 1. The standard InChI is InChI=1S/C12H15NO4/c1-5(12(16)17)13-10(14)8-6-2-3-7(4-6)9(8)11(13)15/h5-9H,2-4H2,1H3,(H,16,17)/p-1/t5-,6?,7?,8?,9?/m0/s1. The molecule has 0 aromatic heterocycles. The lowest BCUT2D eigenvalue weighted by atomic mass is 9.81. The fourth-order valence-electron chi connectivity index (χ4n) is 3.92. The average Bonchev–Trinajstić information content (AvgIpc) is 2.92. The minimum atomic E-state index is -1.36. The number of likely N-dealkylation sites (tertiary alicyclic amines) is 1. The van der Waals surface area contributed by atoms with Crippen molar-refractivity contribution in [2.45, 2.75) is 32.2 Å². The van der Waals surface area contributed by atoms with E-state index in [0.29, 0.717) is 11.8 Å². The van der Waals surface area contributed by atoms with E-state index in [1.54, 1.807) is 0 Å². The van der Waals surface area contributed by atoms with E-state index in [4.69, 9.17) is 0 Å². The lowest BCUT2D eigenvalue weighted by molar-refractivity contribution is -0.310. The molecule has 3 aliphatic rings. The molecule has 3 fully saturated rings. The SMILES string of the molecule is C[C@@H](C(=O)[O-])N1C(=O)C2C3CCC(C3)C2C1=O. The van der Waals surface area contributed by atoms with Gasteiger partial charge in [-0.1, -0.05) is 0 Å². The predicted molar refractivity (Wildman–Crippen MR) is 54.1 cm³/mol. The van der Waals surface area contributed by atoms with Gasteiger partial charge in [-0.05, 0) is 38.0 Å². The van der Waals surface area contributed by atoms with Gasteiger partial charge >= 0.3 is 0 Å². The van der Waals surface area contributed by atoms with Gasteiger partial charge in [-0.2, -0.15) is 0 Å². The van der Waals surface area contributed by atoms with Gasteiger partial charge in [0.2, 0.25) is 11.8 Å². The second-order valence-corrected chi connectivity index (χ2v) is 5.43. The van der Waals surface area contributed by atoms with Crippen LogP contribution in [-0.2, 0) is 14.4 Å². The molecular formula is C12H14NO4-. The topological polar surface area (TPSA) is 77.5 Å². The molecule has 2 amide bonds. The summed E-state index contributed by atoms with van der Waals surface area (Å²) >= 11 is 0. The quantitative estimate of drug-likeness (QED) is 0.585. The van der Waals surface area contributed by atoms with Crippen LogP contribution in [0.2, 0.25) is 0 Å². The monoisotopic (exact) mass is 236 g/mol. The Kier molecular flexibility index (Phi) is 2.09. The molecule has 0 radical (unpaired) electrons. The van der Waals surface area contributed by atoms with Gasteiger partial charge in [0, 0.05) is 0 Å². The third kappa shape index (κ3) is 1.22. The first-order valence-corrected chi connectivity index (χ1v) is 6.10. The third-order valence-electron chi connectivity index (χ3n) is 4.69. The van der Waals surface area contributed by atoms with E-state index in [0.717, 1.165) is 24.2 Å². The van der Waals surface area contributed by atoms with E-state index >= 15 is 0 Å². The molecule has 0 spiro atoms. The Bertz CT molecular complexity index is 391. The highest BCUT2D eigenvalue weighted by Gasteiger charge is 2.61. The minimum absolute atomic E-state index is 0.247. The van der Waals surface area contributed by atoms with Gasteiger partial charge in [-0.25, -0.2) is 0 Å². The summed E-state index contributed by atoms with van der Waals surface area (Å²) in [5.41, 5.74) is 0. The molecule has 5 atom stereocenters. The molecule has 3 rings (SSSR count). The number of fused-ring (bicyclic) bond motifs is 5. The highest BCUT2D eigenvalue weighted by Crippen LogP contribution is 2.56. The van der Waals surface area contributed by atoms with Crippen molar-refractivity contribution in [3.8, 4) is 0 Å². The van der Waals surface area contributed by atoms with Crippen LogP contribution in [0.15, 0.2) is 0 Å². The number of hydrogen-bond donors (Lipinski definition) is 0. The highest BCUT2D eigenvalue weighted by molar-refractivity contribution is 6.08. The van der Waals surface area contributed by atoms with Crippen LogP contribution >= 0.6 is 0 Å². The van der Waals surface area contributed by atoms with E-state index < -0.39 is 12.0 Å². The molecule has 17 heavy (non-hydrogen) atoms. The van der Waals surface area contributed by atoms with Crippen LogP contribution in [0.5, 0.6) is 0 Å². The van der Waals surface area contributed by atoms with Gasteiger partial charge in [-0.3, -0.25) is 14.5 Å². The van der Waals surface area contributed by atoms with Gasteiger partial charge in [0.25, 0.3) is 0 Å². The first-order valence-electron chi connectivity index (χ1n) is 6.10. The predicted octanol–water partition coefficient (Wildman–Crippen LogP) is -0.844. The van der Waals surface area contributed by atoms with Crippen molar-refractivity contribution in [1.29, 1.82) is 0 Å². The van der Waals surface area contributed by atoms with E-state index in [1.807, 2.05) is 0 Å². The maximum atomic E-state index is 12.1. The van der Waals surface area contributed by atoms with E-state index in [2.05, 4.69) is 0 Å². The van der Waals surface area contributed by atoms with Gasteiger partial charge in [0.05, 0.1) is 23.8 Å². The molecule has 2 bridgehead atoms. The molecule has 2 saturated carbocycles. The Labute approximate surface area is 98.8 Å². The maximum Gasteiger partial charge on any atom is 0.233 e. The number of hydrogen-bond acceptors (Lipinski definition) is 4. The van der Waals surface area contributed by atoms with E-state index in [9.17, 15) is 19.5 Å². The largest absolute Gasteiger partial charge is 0.548 e. The summed E-state index contributed by atoms with van der Waals surface area (Å²) in [6.45, 7) is 1.34. The zero-order valence-corrected chi connectivity index (χ0v) is 9.59. The van der Waals surface area contributed by atoms with Crippen molar-refractivity contribution in [1.82, 2.24) is 4.90 Å². The van der Waals surface area contributed by atoms with Crippen LogP contribution in [0.1, 0.15) is 26.2 Å². The molecule has 0 aromatic carbocycles. The summed E-state index contributed by atoms with van der Waals surface area (Å²) in [7, 11) is 0. The van der Waals surface area contributed by atoms with Gasteiger partial charge in [-0.15, -0.1) is 0 Å². The Balaban J connectivity index is 1.93. The van der Waals surface area contributed by atoms with Crippen LogP contribution in [0, 0.1) is 23.7 Å². The summed E-state index contributed by atoms with van der Waals surface area (Å²) < 4.78 is 0. The molecule has 92 valence electrons. The molecular weight excluding hydrogens is 222 g/mol. The second kappa shape index (κ2) is 3.31. The van der Waals surface area contributed by atoms with Crippen LogP contribution in [-0.4, -0.2) is 28.7 Å². The number of carboxylic acids is 1. The van der Waals surface area contributed by atoms with Gasteiger partial charge < -0.3 is 9.90 Å². The molecule has 5 heteroatoms. The summed E-state index contributed by atoms with van der Waals surface area (Å²) in [6.07, 6.45) is 2.96. The Morgan fingerprint density at radius 3 is 2.12 bits per heavy atom. The number of aliphatic carboxylic acids is 1. The van der Waals surface area contributed by atoms with Crippen LogP contribution in [0.3, 0.4) is 0 Å². The molecule has 1 aliphatic heterocycles. The summed E-state index contributed by atoms with van der Waals surface area (Å²) in [4.78, 5) is 36.0. The second-order valence-electron chi connectivity index (χ2n) is 5.43. The lowest BCUT2D eigenvalue weighted by Crippen LogP contribution is -2.49. The number of carbonyl (C=O) groups is 3. The highest BCUT2D eigenvalue weighted by atomic mass is 16.4. The van der Waals surface area contributed by atoms with Crippen molar-refractivity contribution in [3.63, 3.8) is 0 Å². The van der Waals surface area contributed by atoms with Crippen molar-refractivity contribution < 1.29 is 19.5 Å². The lowest BCUT2D eigenvalue weighted by Gasteiger charge is -2.24. The Morgan fingerprint density at radius 2 is 1.71 bits per heavy atom. The van der Waals surface area contributed by atoms with Crippen LogP contribution < -0.4 is 5.11 Å². The molecule has 1 saturated heterocycles. The van der Waals surface area contributed by atoms with Crippen molar-refractivity contribution in [2.75, 3.05) is 0 Å². The van der Waals surface area contributed by atoms with Crippen molar-refractivity contribution in [3.05, 3.63) is 0 Å². The number of carbonyl (C=O) groups excluding carboxylic acids is 3.